The van der Waals surface area contributed by atoms with Gasteiger partial charge in [0.2, 0.25) is 0 Å². The predicted molar refractivity (Wildman–Crippen MR) is 163 cm³/mol. The Bertz CT molecular complexity index is 1670. The Morgan fingerprint density at radius 2 is 1.95 bits per heavy atom. The molecule has 12 heteroatoms. The number of carbonyl (C=O) groups excluding carboxylic acids is 1. The smallest absolute Gasteiger partial charge is 0.410 e. The molecule has 228 valence electrons. The summed E-state index contributed by atoms with van der Waals surface area (Å²) in [5.41, 5.74) is 2.10. The third-order valence-corrected chi connectivity index (χ3v) is 8.34. The van der Waals surface area contributed by atoms with Gasteiger partial charge in [0, 0.05) is 48.9 Å². The number of benzene rings is 1. The number of piperazine rings is 1. The van der Waals surface area contributed by atoms with Crippen LogP contribution in [0.4, 0.5) is 15.0 Å². The summed E-state index contributed by atoms with van der Waals surface area (Å²) < 4.78 is 28.3. The number of nitrogens with one attached hydrogen (secondary N) is 1. The van der Waals surface area contributed by atoms with Crippen LogP contribution in [0.1, 0.15) is 46.1 Å². The first-order chi connectivity index (χ1) is 20.5. The zero-order valence-corrected chi connectivity index (χ0v) is 25.6. The van der Waals surface area contributed by atoms with Gasteiger partial charge in [0.15, 0.2) is 5.82 Å². The van der Waals surface area contributed by atoms with Crippen molar-refractivity contribution in [3.63, 3.8) is 0 Å². The Morgan fingerprint density at radius 3 is 2.67 bits per heavy atom. The molecule has 1 N–H and O–H groups in total. The number of ether oxygens (including phenoxy) is 2. The topological polar surface area (TPSA) is 113 Å². The minimum absolute atomic E-state index is 0.124. The molecule has 11 nitrogen and oxygen atoms in total. The number of likely N-dealkylation sites (N-methyl/N-ethyl adjacent to an activating group) is 1. The van der Waals surface area contributed by atoms with Crippen molar-refractivity contribution in [1.82, 2.24) is 34.9 Å². The summed E-state index contributed by atoms with van der Waals surface area (Å²) in [6.45, 7) is 12.3. The summed E-state index contributed by atoms with van der Waals surface area (Å²) in [7, 11) is 2.08. The SMILES string of the molecule is Cc1ccc2[nH]ncc2c1-c1ncc2c(N3CCN(C(=O)OC(C)(C)C)C[C@@H]3C)nc(OC[C@@H]3CCCN3C)nc2c1F. The van der Waals surface area contributed by atoms with Gasteiger partial charge in [0.25, 0.3) is 0 Å². The Labute approximate surface area is 250 Å². The second kappa shape index (κ2) is 11.2. The van der Waals surface area contributed by atoms with Crippen LogP contribution >= 0.6 is 0 Å². The number of likely N-dealkylation sites (tertiary alicyclic amines) is 1. The Morgan fingerprint density at radius 1 is 1.14 bits per heavy atom. The molecule has 3 aromatic heterocycles. The standard InChI is InChI=1S/C31H39FN8O3/c1-18-9-10-23-21(15-34-37-23)24(18)27-25(32)26-22(14-33-27)28(36-29(35-26)42-17-20-8-7-11-38(20)6)40-13-12-39(16-19(40)2)30(41)43-31(3,4)5/h9-10,14-15,19-20H,7-8,11-13,16-17H2,1-6H3,(H,34,37)/t19-,20-/m0/s1. The predicted octanol–water partition coefficient (Wildman–Crippen LogP) is 4.93. The average Bonchev–Trinajstić information content (AvgIpc) is 3.60. The number of nitrogens with zero attached hydrogens (tertiary/aromatic N) is 7. The number of hydrogen-bond acceptors (Lipinski definition) is 9. The van der Waals surface area contributed by atoms with Crippen LogP contribution in [0, 0.1) is 12.7 Å². The molecule has 5 heterocycles. The van der Waals surface area contributed by atoms with Gasteiger partial charge in [0.1, 0.15) is 29.2 Å². The lowest BCUT2D eigenvalue weighted by Crippen LogP contribution is -2.55. The summed E-state index contributed by atoms with van der Waals surface area (Å²) in [5.74, 6) is -0.00636. The summed E-state index contributed by atoms with van der Waals surface area (Å²) in [6, 6.07) is 4.09. The van der Waals surface area contributed by atoms with Crippen molar-refractivity contribution in [3.05, 3.63) is 35.9 Å². The van der Waals surface area contributed by atoms with Crippen LogP contribution in [0.25, 0.3) is 33.1 Å². The number of fused-ring (bicyclic) bond motifs is 2. The summed E-state index contributed by atoms with van der Waals surface area (Å²) >= 11 is 0. The van der Waals surface area contributed by atoms with E-state index in [4.69, 9.17) is 14.5 Å². The van der Waals surface area contributed by atoms with E-state index in [1.165, 1.54) is 0 Å². The third-order valence-electron chi connectivity index (χ3n) is 8.34. The minimum atomic E-state index is -0.583. The maximum Gasteiger partial charge on any atom is 0.410 e. The average molecular weight is 591 g/mol. The van der Waals surface area contributed by atoms with E-state index in [0.29, 0.717) is 43.0 Å². The van der Waals surface area contributed by atoms with Crippen LogP contribution in [-0.2, 0) is 4.74 Å². The lowest BCUT2D eigenvalue weighted by Gasteiger charge is -2.41. The highest BCUT2D eigenvalue weighted by Crippen LogP contribution is 2.37. The Kier molecular flexibility index (Phi) is 7.57. The second-order valence-corrected chi connectivity index (χ2v) is 12.7. The third kappa shape index (κ3) is 5.67. The number of pyridine rings is 1. The first-order valence-corrected chi connectivity index (χ1v) is 14.9. The first-order valence-electron chi connectivity index (χ1n) is 14.9. The summed E-state index contributed by atoms with van der Waals surface area (Å²) in [5, 5.41) is 8.39. The van der Waals surface area contributed by atoms with Crippen LogP contribution < -0.4 is 9.64 Å². The van der Waals surface area contributed by atoms with E-state index < -0.39 is 11.4 Å². The fourth-order valence-electron chi connectivity index (χ4n) is 6.05. The lowest BCUT2D eigenvalue weighted by molar-refractivity contribution is 0.0218. The number of aromatic nitrogens is 5. The fourth-order valence-corrected chi connectivity index (χ4v) is 6.05. The molecule has 2 atom stereocenters. The minimum Gasteiger partial charge on any atom is -0.462 e. The molecule has 4 aromatic rings. The van der Waals surface area contributed by atoms with E-state index in [0.717, 1.165) is 35.9 Å². The van der Waals surface area contributed by atoms with Gasteiger partial charge in [0.05, 0.1) is 17.1 Å². The fraction of sp³-hybridized carbons (Fsp3) is 0.516. The zero-order chi connectivity index (χ0) is 30.5. The van der Waals surface area contributed by atoms with Crippen molar-refractivity contribution >= 4 is 33.7 Å². The number of hydrogen-bond donors (Lipinski definition) is 1. The van der Waals surface area contributed by atoms with Gasteiger partial charge in [-0.3, -0.25) is 10.1 Å². The molecule has 0 unspecified atom stereocenters. The second-order valence-electron chi connectivity index (χ2n) is 12.7. The van der Waals surface area contributed by atoms with Gasteiger partial charge < -0.3 is 24.2 Å². The van der Waals surface area contributed by atoms with E-state index in [2.05, 4.69) is 37.0 Å². The van der Waals surface area contributed by atoms with Crippen molar-refractivity contribution in [2.75, 3.05) is 44.7 Å². The molecular weight excluding hydrogens is 551 g/mol. The summed E-state index contributed by atoms with van der Waals surface area (Å²) in [6.07, 6.45) is 5.11. The van der Waals surface area contributed by atoms with E-state index in [-0.39, 0.29) is 35.4 Å². The van der Waals surface area contributed by atoms with Gasteiger partial charge in [-0.1, -0.05) is 6.07 Å². The van der Waals surface area contributed by atoms with Gasteiger partial charge in [-0.05, 0) is 72.7 Å². The Hall–Kier alpha value is -4.06. The molecule has 2 saturated heterocycles. The van der Waals surface area contributed by atoms with Crippen LogP contribution in [0.15, 0.2) is 24.5 Å². The number of aromatic amines is 1. The molecule has 1 amide bonds. The van der Waals surface area contributed by atoms with Crippen molar-refractivity contribution < 1.29 is 18.7 Å². The van der Waals surface area contributed by atoms with E-state index in [1.54, 1.807) is 17.3 Å². The van der Waals surface area contributed by atoms with Crippen LogP contribution in [-0.4, -0.2) is 98.6 Å². The molecule has 0 bridgehead atoms. The highest BCUT2D eigenvalue weighted by atomic mass is 19.1. The zero-order valence-electron chi connectivity index (χ0n) is 25.6. The molecule has 2 aliphatic rings. The number of aryl methyl sites for hydroxylation is 1. The van der Waals surface area contributed by atoms with Crippen molar-refractivity contribution in [2.24, 2.45) is 0 Å². The highest BCUT2D eigenvalue weighted by Gasteiger charge is 2.33. The van der Waals surface area contributed by atoms with Gasteiger partial charge in [-0.25, -0.2) is 9.18 Å². The molecule has 0 aliphatic carbocycles. The van der Waals surface area contributed by atoms with Gasteiger partial charge in [-0.15, -0.1) is 0 Å². The number of carbonyl (C=O) groups is 1. The van der Waals surface area contributed by atoms with Gasteiger partial charge >= 0.3 is 12.1 Å². The number of amides is 1. The number of halogens is 1. The van der Waals surface area contributed by atoms with Crippen molar-refractivity contribution in [2.45, 2.75) is 65.1 Å². The van der Waals surface area contributed by atoms with Gasteiger partial charge in [-0.2, -0.15) is 15.1 Å². The van der Waals surface area contributed by atoms with Crippen molar-refractivity contribution in [3.8, 4) is 17.3 Å². The molecule has 43 heavy (non-hydrogen) atoms. The molecule has 0 spiro atoms. The quantitative estimate of drug-likeness (QED) is 0.346. The molecule has 6 rings (SSSR count). The normalized spacial score (nSPS) is 19.9. The maximum absolute atomic E-state index is 16.6. The Balaban J connectivity index is 1.40. The molecule has 1 aromatic carbocycles. The molecule has 2 aliphatic heterocycles. The number of rotatable bonds is 5. The number of anilines is 1. The molecular formula is C31H39FN8O3. The van der Waals surface area contributed by atoms with Crippen molar-refractivity contribution in [1.29, 1.82) is 0 Å². The highest BCUT2D eigenvalue weighted by molar-refractivity contribution is 5.98. The lowest BCUT2D eigenvalue weighted by atomic mass is 10.00. The summed E-state index contributed by atoms with van der Waals surface area (Å²) in [4.78, 5) is 32.9. The first kappa shape index (κ1) is 29.0. The van der Waals surface area contributed by atoms with E-state index in [1.807, 2.05) is 46.8 Å². The largest absolute Gasteiger partial charge is 0.462 e. The van der Waals surface area contributed by atoms with E-state index >= 15 is 4.39 Å². The monoisotopic (exact) mass is 590 g/mol. The molecule has 0 radical (unpaired) electrons. The molecule has 2 fully saturated rings. The van der Waals surface area contributed by atoms with Crippen LogP contribution in [0.2, 0.25) is 0 Å². The van der Waals surface area contributed by atoms with Crippen LogP contribution in [0.3, 0.4) is 0 Å². The van der Waals surface area contributed by atoms with Crippen LogP contribution in [0.5, 0.6) is 6.01 Å². The van der Waals surface area contributed by atoms with E-state index in [9.17, 15) is 4.79 Å². The number of H-pyrrole nitrogens is 1. The maximum atomic E-state index is 16.6. The molecule has 0 saturated carbocycles.